The topological polar surface area (TPSA) is 45.6 Å². The predicted octanol–water partition coefficient (Wildman–Crippen LogP) is 2.97. The molecule has 0 spiro atoms. The maximum absolute atomic E-state index is 13.0. The average molecular weight is 423 g/mol. The van der Waals surface area contributed by atoms with Crippen molar-refractivity contribution in [3.8, 4) is 0 Å². The van der Waals surface area contributed by atoms with E-state index >= 15 is 0 Å². The Hall–Kier alpha value is -0.890. The van der Waals surface area contributed by atoms with Gasteiger partial charge in [0.1, 0.15) is 5.82 Å². The Morgan fingerprint density at radius 1 is 1.23 bits per heavy atom. The third kappa shape index (κ3) is 9.94. The molecule has 0 saturated heterocycles. The number of ether oxygens (including phenoxy) is 1. The van der Waals surface area contributed by atoms with Crippen molar-refractivity contribution in [1.82, 2.24) is 10.6 Å². The Labute approximate surface area is 149 Å². The minimum atomic E-state index is -0.195. The fourth-order valence-corrected chi connectivity index (χ4v) is 1.83. The molecular weight excluding hydrogens is 396 g/mol. The third-order valence-corrected chi connectivity index (χ3v) is 3.00. The monoisotopic (exact) mass is 423 g/mol. The van der Waals surface area contributed by atoms with Gasteiger partial charge in [-0.25, -0.2) is 4.39 Å². The fourth-order valence-electron chi connectivity index (χ4n) is 1.83. The van der Waals surface area contributed by atoms with E-state index in [0.29, 0.717) is 13.2 Å². The standard InChI is InChI=1S/C16H26FN3O.HI/c1-3-4-11-21-12-10-20-16(18-2)19-9-8-14-6-5-7-15(17)13-14;/h5-7,13H,3-4,8-12H2,1-2H3,(H2,18,19,20);1H. The van der Waals surface area contributed by atoms with E-state index in [-0.39, 0.29) is 29.8 Å². The number of nitrogens with one attached hydrogen (secondary N) is 2. The Kier molecular flexibility index (Phi) is 13.2. The SMILES string of the molecule is CCCCOCCNC(=NC)NCCc1cccc(F)c1.I. The van der Waals surface area contributed by atoms with Gasteiger partial charge in [-0.1, -0.05) is 25.5 Å². The molecule has 4 nitrogen and oxygen atoms in total. The van der Waals surface area contributed by atoms with E-state index < -0.39 is 0 Å². The molecule has 1 aromatic carbocycles. The van der Waals surface area contributed by atoms with Crippen LogP contribution in [0.4, 0.5) is 4.39 Å². The summed E-state index contributed by atoms with van der Waals surface area (Å²) in [5.74, 6) is 0.546. The van der Waals surface area contributed by atoms with Crippen molar-refractivity contribution in [2.45, 2.75) is 26.2 Å². The first-order valence-electron chi connectivity index (χ1n) is 7.53. The zero-order chi connectivity index (χ0) is 15.3. The second-order valence-electron chi connectivity index (χ2n) is 4.77. The molecule has 0 aliphatic heterocycles. The maximum Gasteiger partial charge on any atom is 0.191 e. The number of unbranched alkanes of at least 4 members (excludes halogenated alkanes) is 1. The lowest BCUT2D eigenvalue weighted by Crippen LogP contribution is -2.39. The highest BCUT2D eigenvalue weighted by molar-refractivity contribution is 14.0. The second kappa shape index (κ2) is 13.8. The summed E-state index contributed by atoms with van der Waals surface area (Å²) in [6.07, 6.45) is 3.00. The van der Waals surface area contributed by atoms with Crippen molar-refractivity contribution in [1.29, 1.82) is 0 Å². The summed E-state index contributed by atoms with van der Waals surface area (Å²) in [5, 5.41) is 6.38. The smallest absolute Gasteiger partial charge is 0.191 e. The largest absolute Gasteiger partial charge is 0.380 e. The number of hydrogen-bond donors (Lipinski definition) is 2. The number of aliphatic imine (C=N–C) groups is 1. The van der Waals surface area contributed by atoms with Gasteiger partial charge in [-0.2, -0.15) is 0 Å². The number of hydrogen-bond acceptors (Lipinski definition) is 2. The molecular formula is C16H27FIN3O. The Balaban J connectivity index is 0.00000441. The van der Waals surface area contributed by atoms with E-state index in [4.69, 9.17) is 4.74 Å². The van der Waals surface area contributed by atoms with Gasteiger partial charge in [-0.15, -0.1) is 24.0 Å². The van der Waals surface area contributed by atoms with Gasteiger partial charge in [0.05, 0.1) is 6.61 Å². The lowest BCUT2D eigenvalue weighted by atomic mass is 10.1. The van der Waals surface area contributed by atoms with Crippen molar-refractivity contribution in [3.05, 3.63) is 35.6 Å². The molecule has 0 amide bonds. The minimum Gasteiger partial charge on any atom is -0.380 e. The molecule has 0 fully saturated rings. The molecule has 0 aromatic heterocycles. The molecule has 1 rings (SSSR count). The van der Waals surface area contributed by atoms with Gasteiger partial charge in [0.25, 0.3) is 0 Å². The van der Waals surface area contributed by atoms with Gasteiger partial charge in [-0.3, -0.25) is 4.99 Å². The first-order valence-corrected chi connectivity index (χ1v) is 7.53. The van der Waals surface area contributed by atoms with Gasteiger partial charge in [0.2, 0.25) is 0 Å². The van der Waals surface area contributed by atoms with E-state index in [0.717, 1.165) is 43.9 Å². The summed E-state index contributed by atoms with van der Waals surface area (Å²) in [4.78, 5) is 4.14. The summed E-state index contributed by atoms with van der Waals surface area (Å²) in [7, 11) is 1.73. The van der Waals surface area contributed by atoms with Crippen molar-refractivity contribution in [2.24, 2.45) is 4.99 Å². The normalized spacial score (nSPS) is 11.0. The molecule has 126 valence electrons. The van der Waals surface area contributed by atoms with Crippen LogP contribution < -0.4 is 10.6 Å². The number of nitrogens with zero attached hydrogens (tertiary/aromatic N) is 1. The number of rotatable bonds is 9. The van der Waals surface area contributed by atoms with Crippen LogP contribution >= 0.6 is 24.0 Å². The van der Waals surface area contributed by atoms with E-state index in [9.17, 15) is 4.39 Å². The predicted molar refractivity (Wildman–Crippen MR) is 101 cm³/mol. The van der Waals surface area contributed by atoms with Crippen LogP contribution in [0.1, 0.15) is 25.3 Å². The molecule has 22 heavy (non-hydrogen) atoms. The second-order valence-corrected chi connectivity index (χ2v) is 4.77. The lowest BCUT2D eigenvalue weighted by Gasteiger charge is -2.12. The number of benzene rings is 1. The summed E-state index contributed by atoms with van der Waals surface area (Å²) in [5.41, 5.74) is 0.973. The molecule has 6 heteroatoms. The first kappa shape index (κ1) is 21.1. The Morgan fingerprint density at radius 3 is 2.68 bits per heavy atom. The minimum absolute atomic E-state index is 0. The average Bonchev–Trinajstić information content (AvgIpc) is 2.49. The van der Waals surface area contributed by atoms with Gasteiger partial charge >= 0.3 is 0 Å². The van der Waals surface area contributed by atoms with Crippen LogP contribution in [0, 0.1) is 5.82 Å². The zero-order valence-corrected chi connectivity index (χ0v) is 15.7. The molecule has 0 atom stereocenters. The van der Waals surface area contributed by atoms with Crippen LogP contribution in [0.2, 0.25) is 0 Å². The van der Waals surface area contributed by atoms with Crippen LogP contribution in [-0.4, -0.2) is 39.3 Å². The van der Waals surface area contributed by atoms with E-state index in [2.05, 4.69) is 22.5 Å². The van der Waals surface area contributed by atoms with Crippen LogP contribution in [0.15, 0.2) is 29.3 Å². The maximum atomic E-state index is 13.0. The van der Waals surface area contributed by atoms with Crippen molar-refractivity contribution in [2.75, 3.05) is 33.4 Å². The summed E-state index contributed by atoms with van der Waals surface area (Å²) >= 11 is 0. The molecule has 0 aliphatic rings. The number of guanidine groups is 1. The molecule has 2 N–H and O–H groups in total. The summed E-state index contributed by atoms with van der Waals surface area (Å²) in [6.45, 7) is 5.06. The highest BCUT2D eigenvalue weighted by Gasteiger charge is 1.98. The van der Waals surface area contributed by atoms with Gasteiger partial charge < -0.3 is 15.4 Å². The summed E-state index contributed by atoms with van der Waals surface area (Å²) in [6, 6.07) is 6.66. The molecule has 0 unspecified atom stereocenters. The quantitative estimate of drug-likeness (QED) is 0.278. The van der Waals surface area contributed by atoms with E-state index in [1.165, 1.54) is 6.07 Å². The van der Waals surface area contributed by atoms with Crippen LogP contribution in [0.5, 0.6) is 0 Å². The lowest BCUT2D eigenvalue weighted by molar-refractivity contribution is 0.136. The van der Waals surface area contributed by atoms with Gasteiger partial charge in [-0.05, 0) is 30.5 Å². The molecule has 0 radical (unpaired) electrons. The Morgan fingerprint density at radius 2 is 2.00 bits per heavy atom. The van der Waals surface area contributed by atoms with Gasteiger partial charge in [0, 0.05) is 26.7 Å². The van der Waals surface area contributed by atoms with Crippen LogP contribution in [0.3, 0.4) is 0 Å². The highest BCUT2D eigenvalue weighted by atomic mass is 127. The van der Waals surface area contributed by atoms with E-state index in [1.807, 2.05) is 6.07 Å². The molecule has 0 saturated carbocycles. The van der Waals surface area contributed by atoms with Crippen LogP contribution in [0.25, 0.3) is 0 Å². The van der Waals surface area contributed by atoms with Crippen LogP contribution in [-0.2, 0) is 11.2 Å². The Bertz CT molecular complexity index is 430. The van der Waals surface area contributed by atoms with Crippen molar-refractivity contribution < 1.29 is 9.13 Å². The zero-order valence-electron chi connectivity index (χ0n) is 13.4. The third-order valence-electron chi connectivity index (χ3n) is 3.00. The molecule has 0 bridgehead atoms. The fraction of sp³-hybridized carbons (Fsp3) is 0.562. The van der Waals surface area contributed by atoms with Crippen molar-refractivity contribution in [3.63, 3.8) is 0 Å². The first-order chi connectivity index (χ1) is 10.3. The molecule has 0 heterocycles. The van der Waals surface area contributed by atoms with Gasteiger partial charge in [0.15, 0.2) is 5.96 Å². The van der Waals surface area contributed by atoms with Crippen molar-refractivity contribution >= 4 is 29.9 Å². The van der Waals surface area contributed by atoms with E-state index in [1.54, 1.807) is 19.2 Å². The molecule has 0 aliphatic carbocycles. The highest BCUT2D eigenvalue weighted by Crippen LogP contribution is 2.03. The summed E-state index contributed by atoms with van der Waals surface area (Å²) < 4.78 is 18.5. The molecule has 1 aromatic rings. The number of halogens is 2.